The van der Waals surface area contributed by atoms with Crippen LogP contribution in [0.3, 0.4) is 0 Å². The molecule has 3 nitrogen and oxygen atoms in total. The molecule has 0 saturated carbocycles. The zero-order valence-corrected chi connectivity index (χ0v) is 11.8. The van der Waals surface area contributed by atoms with Gasteiger partial charge in [-0.3, -0.25) is 0 Å². The molecule has 16 heavy (non-hydrogen) atoms. The minimum atomic E-state index is -0.306. The third-order valence-corrected chi connectivity index (χ3v) is 2.91. The molecule has 0 spiro atoms. The van der Waals surface area contributed by atoms with Gasteiger partial charge >= 0.3 is 0 Å². The van der Waals surface area contributed by atoms with Gasteiger partial charge < -0.3 is 15.2 Å². The lowest BCUT2D eigenvalue weighted by Gasteiger charge is -2.10. The fraction of sp³-hybridized carbons (Fsp3) is 0.500. The van der Waals surface area contributed by atoms with Gasteiger partial charge in [-0.2, -0.15) is 0 Å². The topological polar surface area (TPSA) is 41.5 Å². The van der Waals surface area contributed by atoms with Gasteiger partial charge in [0.1, 0.15) is 12.4 Å². The zero-order chi connectivity index (χ0) is 12.0. The summed E-state index contributed by atoms with van der Waals surface area (Å²) in [4.78, 5) is 0. The van der Waals surface area contributed by atoms with Crippen LogP contribution < -0.4 is 10.1 Å². The van der Waals surface area contributed by atoms with Crippen molar-refractivity contribution in [2.24, 2.45) is 0 Å². The molecule has 1 rings (SSSR count). The van der Waals surface area contributed by atoms with Gasteiger partial charge in [0.15, 0.2) is 0 Å². The number of halogens is 1. The Morgan fingerprint density at radius 1 is 1.50 bits per heavy atom. The first-order chi connectivity index (χ1) is 7.59. The summed E-state index contributed by atoms with van der Waals surface area (Å²) in [6.45, 7) is 5.79. The van der Waals surface area contributed by atoms with Crippen molar-refractivity contribution in [2.45, 2.75) is 20.0 Å². The second-order valence-corrected chi connectivity index (χ2v) is 5.00. The molecule has 0 radical (unpaired) electrons. The molecule has 1 atom stereocenters. The molecule has 0 unspecified atom stereocenters. The normalized spacial score (nSPS) is 12.5. The number of aliphatic hydroxyl groups is 1. The Labute approximate surface area is 110 Å². The average molecular weight is 335 g/mol. The highest BCUT2D eigenvalue weighted by atomic mass is 127. The van der Waals surface area contributed by atoms with E-state index >= 15 is 0 Å². The fourth-order valence-corrected chi connectivity index (χ4v) is 2.09. The van der Waals surface area contributed by atoms with Crippen molar-refractivity contribution in [3.05, 3.63) is 27.3 Å². The lowest BCUT2D eigenvalue weighted by Crippen LogP contribution is -2.28. The molecule has 2 N–H and O–H groups in total. The molecule has 0 heterocycles. The summed E-state index contributed by atoms with van der Waals surface area (Å²) in [6.07, 6.45) is -0.306. The van der Waals surface area contributed by atoms with Crippen molar-refractivity contribution in [1.29, 1.82) is 0 Å². The number of ether oxygens (including phenoxy) is 1. The van der Waals surface area contributed by atoms with Crippen LogP contribution in [0.2, 0.25) is 0 Å². The van der Waals surface area contributed by atoms with Gasteiger partial charge in [-0.1, -0.05) is 6.07 Å². The number of nitrogens with one attached hydrogen (secondary N) is 1. The first kappa shape index (κ1) is 13.7. The van der Waals surface area contributed by atoms with Crippen LogP contribution in [0.1, 0.15) is 12.5 Å². The average Bonchev–Trinajstić information content (AvgIpc) is 2.20. The maximum atomic E-state index is 9.04. The van der Waals surface area contributed by atoms with Crippen molar-refractivity contribution >= 4 is 22.6 Å². The van der Waals surface area contributed by atoms with Crippen LogP contribution in [0.25, 0.3) is 0 Å². The summed E-state index contributed by atoms with van der Waals surface area (Å²) in [7, 11) is 0. The number of aryl methyl sites for hydroxylation is 1. The molecule has 0 aliphatic rings. The van der Waals surface area contributed by atoms with Crippen LogP contribution >= 0.6 is 22.6 Å². The van der Waals surface area contributed by atoms with E-state index in [2.05, 4.69) is 40.9 Å². The third kappa shape index (κ3) is 5.14. The lowest BCUT2D eigenvalue weighted by molar-refractivity contribution is 0.188. The van der Waals surface area contributed by atoms with Crippen molar-refractivity contribution in [3.63, 3.8) is 0 Å². The Bertz CT molecular complexity index is 329. The minimum Gasteiger partial charge on any atom is -0.491 e. The van der Waals surface area contributed by atoms with Crippen LogP contribution in [-0.2, 0) is 0 Å². The summed E-state index contributed by atoms with van der Waals surface area (Å²) in [5.74, 6) is 0.921. The SMILES string of the molecule is Cc1ccc(OCCNC[C@H](C)O)c(I)c1. The molecule has 0 aromatic heterocycles. The quantitative estimate of drug-likeness (QED) is 0.617. The summed E-state index contributed by atoms with van der Waals surface area (Å²) in [6, 6.07) is 6.13. The van der Waals surface area contributed by atoms with Crippen molar-refractivity contribution in [2.75, 3.05) is 19.7 Å². The van der Waals surface area contributed by atoms with E-state index in [1.165, 1.54) is 5.56 Å². The predicted octanol–water partition coefficient (Wildman–Crippen LogP) is 1.95. The Balaban J connectivity index is 2.27. The molecule has 0 bridgehead atoms. The fourth-order valence-electron chi connectivity index (χ4n) is 1.27. The number of hydrogen-bond acceptors (Lipinski definition) is 3. The Kier molecular flexibility index (Phi) is 6.08. The molecule has 90 valence electrons. The van der Waals surface area contributed by atoms with E-state index in [9.17, 15) is 0 Å². The Morgan fingerprint density at radius 2 is 2.25 bits per heavy atom. The van der Waals surface area contributed by atoms with E-state index in [-0.39, 0.29) is 6.10 Å². The molecule has 1 aromatic carbocycles. The Hall–Kier alpha value is -0.330. The van der Waals surface area contributed by atoms with Gasteiger partial charge in [0, 0.05) is 13.1 Å². The van der Waals surface area contributed by atoms with Crippen molar-refractivity contribution in [1.82, 2.24) is 5.32 Å². The first-order valence-corrected chi connectivity index (χ1v) is 6.45. The van der Waals surface area contributed by atoms with Gasteiger partial charge in [-0.05, 0) is 54.1 Å². The molecular formula is C12H18INO2. The number of benzene rings is 1. The molecule has 0 fully saturated rings. The maximum absolute atomic E-state index is 9.04. The largest absolute Gasteiger partial charge is 0.491 e. The molecular weight excluding hydrogens is 317 g/mol. The van der Waals surface area contributed by atoms with Gasteiger partial charge in [-0.25, -0.2) is 0 Å². The number of rotatable bonds is 6. The minimum absolute atomic E-state index is 0.306. The van der Waals surface area contributed by atoms with Crippen LogP contribution in [0.4, 0.5) is 0 Å². The molecule has 4 heteroatoms. The van der Waals surface area contributed by atoms with Gasteiger partial charge in [0.2, 0.25) is 0 Å². The second-order valence-electron chi connectivity index (χ2n) is 3.84. The summed E-state index contributed by atoms with van der Waals surface area (Å²) in [5, 5.41) is 12.1. The third-order valence-electron chi connectivity index (χ3n) is 2.06. The highest BCUT2D eigenvalue weighted by molar-refractivity contribution is 14.1. The van der Waals surface area contributed by atoms with E-state index < -0.39 is 0 Å². The maximum Gasteiger partial charge on any atom is 0.132 e. The van der Waals surface area contributed by atoms with E-state index in [0.717, 1.165) is 15.9 Å². The lowest BCUT2D eigenvalue weighted by atomic mass is 10.2. The molecule has 0 aliphatic heterocycles. The van der Waals surface area contributed by atoms with Gasteiger partial charge in [0.05, 0.1) is 9.67 Å². The highest BCUT2D eigenvalue weighted by Crippen LogP contribution is 2.21. The monoisotopic (exact) mass is 335 g/mol. The highest BCUT2D eigenvalue weighted by Gasteiger charge is 2.00. The van der Waals surface area contributed by atoms with Crippen molar-refractivity contribution in [3.8, 4) is 5.75 Å². The van der Waals surface area contributed by atoms with Crippen LogP contribution in [0, 0.1) is 10.5 Å². The Morgan fingerprint density at radius 3 is 2.88 bits per heavy atom. The van der Waals surface area contributed by atoms with E-state index in [0.29, 0.717) is 13.2 Å². The summed E-state index contributed by atoms with van der Waals surface area (Å²) < 4.78 is 6.75. The summed E-state index contributed by atoms with van der Waals surface area (Å²) in [5.41, 5.74) is 1.24. The predicted molar refractivity (Wildman–Crippen MR) is 73.9 cm³/mol. The zero-order valence-electron chi connectivity index (χ0n) is 9.66. The molecule has 0 saturated heterocycles. The molecule has 0 aliphatic carbocycles. The van der Waals surface area contributed by atoms with Crippen LogP contribution in [-0.4, -0.2) is 30.9 Å². The standard InChI is InChI=1S/C12H18INO2/c1-9-3-4-12(11(13)7-9)16-6-5-14-8-10(2)15/h3-4,7,10,14-15H,5-6,8H2,1-2H3/t10-/m0/s1. The van der Waals surface area contributed by atoms with Crippen molar-refractivity contribution < 1.29 is 9.84 Å². The van der Waals surface area contributed by atoms with Gasteiger partial charge in [-0.15, -0.1) is 0 Å². The number of aliphatic hydroxyl groups excluding tert-OH is 1. The van der Waals surface area contributed by atoms with Gasteiger partial charge in [0.25, 0.3) is 0 Å². The van der Waals surface area contributed by atoms with E-state index in [1.54, 1.807) is 6.92 Å². The van der Waals surface area contributed by atoms with E-state index in [4.69, 9.17) is 9.84 Å². The number of hydrogen-bond donors (Lipinski definition) is 2. The molecule has 1 aromatic rings. The second kappa shape index (κ2) is 7.09. The molecule has 0 amide bonds. The smallest absolute Gasteiger partial charge is 0.132 e. The van der Waals surface area contributed by atoms with Crippen LogP contribution in [0.15, 0.2) is 18.2 Å². The summed E-state index contributed by atoms with van der Waals surface area (Å²) >= 11 is 2.27. The first-order valence-electron chi connectivity index (χ1n) is 5.37. The van der Waals surface area contributed by atoms with Crippen LogP contribution in [0.5, 0.6) is 5.75 Å². The van der Waals surface area contributed by atoms with E-state index in [1.807, 2.05) is 12.1 Å².